The van der Waals surface area contributed by atoms with Gasteiger partial charge in [-0.05, 0) is 74.1 Å². The predicted octanol–water partition coefficient (Wildman–Crippen LogP) is 3.20. The number of hydrogen-bond acceptors (Lipinski definition) is 5. The summed E-state index contributed by atoms with van der Waals surface area (Å²) in [5, 5.41) is 17.1. The second-order valence-corrected chi connectivity index (χ2v) is 9.99. The second-order valence-electron chi connectivity index (χ2n) is 9.56. The van der Waals surface area contributed by atoms with E-state index in [0.29, 0.717) is 34.1 Å². The molecule has 3 fully saturated rings. The Kier molecular flexibility index (Phi) is 5.90. The first-order valence-electron chi connectivity index (χ1n) is 11.4. The van der Waals surface area contributed by atoms with E-state index in [1.165, 1.54) is 12.1 Å². The quantitative estimate of drug-likeness (QED) is 0.580. The lowest BCUT2D eigenvalue weighted by Gasteiger charge is -2.40. The summed E-state index contributed by atoms with van der Waals surface area (Å²) in [5.41, 5.74) is 0.664. The summed E-state index contributed by atoms with van der Waals surface area (Å²) >= 11 is 5.99. The molecule has 3 aliphatic carbocycles. The third-order valence-corrected chi connectivity index (χ3v) is 7.28. The van der Waals surface area contributed by atoms with Crippen LogP contribution >= 0.6 is 11.6 Å². The molecule has 1 unspecified atom stereocenters. The summed E-state index contributed by atoms with van der Waals surface area (Å²) in [7, 11) is 0. The average Bonchev–Trinajstić information content (AvgIpc) is 3.28. The van der Waals surface area contributed by atoms with E-state index in [9.17, 15) is 19.1 Å². The summed E-state index contributed by atoms with van der Waals surface area (Å²) in [6.45, 7) is 1.47. The van der Waals surface area contributed by atoms with Crippen molar-refractivity contribution in [3.05, 3.63) is 58.4 Å². The van der Waals surface area contributed by atoms with Gasteiger partial charge in [0, 0.05) is 28.6 Å². The Morgan fingerprint density at radius 3 is 2.79 bits per heavy atom. The molecule has 0 aromatic heterocycles. The lowest BCUT2D eigenvalue weighted by molar-refractivity contribution is -0.133. The van der Waals surface area contributed by atoms with Crippen LogP contribution in [-0.2, 0) is 9.59 Å². The van der Waals surface area contributed by atoms with E-state index in [4.69, 9.17) is 21.1 Å². The molecule has 180 valence electrons. The van der Waals surface area contributed by atoms with Crippen LogP contribution in [0.3, 0.4) is 0 Å². The smallest absolute Gasteiger partial charge is 0.261 e. The van der Waals surface area contributed by atoms with Gasteiger partial charge in [0.25, 0.3) is 11.8 Å². The van der Waals surface area contributed by atoms with E-state index in [1.54, 1.807) is 31.2 Å². The molecule has 0 radical (unpaired) electrons. The molecule has 9 heteroatoms. The molecule has 1 heterocycles. The summed E-state index contributed by atoms with van der Waals surface area (Å²) < 4.78 is 24.7. The standard InChI is InChI=1S/C25H26ClFN2O5/c1-13-6-16(3-4-18(13)27)33-12-23(31)28-19-11-25(9-14(19)10-25)29-24(32)22-8-20(30)17-7-15(26)2-5-21(17)34-22/h2-7,14,19-20,22,30H,8-12H2,1H3,(H,28,31)(H,29,32)/t14?,19?,20-,22-,25?/m0/s1. The summed E-state index contributed by atoms with van der Waals surface area (Å²) in [4.78, 5) is 25.3. The fraction of sp³-hybridized carbons (Fsp3) is 0.440. The normalized spacial score (nSPS) is 28.8. The molecule has 0 spiro atoms. The van der Waals surface area contributed by atoms with Crippen molar-refractivity contribution in [2.24, 2.45) is 5.92 Å². The highest BCUT2D eigenvalue weighted by molar-refractivity contribution is 6.30. The maximum atomic E-state index is 13.4. The number of ether oxygens (including phenoxy) is 2. The van der Waals surface area contributed by atoms with Gasteiger partial charge in [-0.15, -0.1) is 0 Å². The molecule has 7 nitrogen and oxygen atoms in total. The van der Waals surface area contributed by atoms with E-state index in [1.807, 2.05) is 0 Å². The number of aliphatic hydroxyl groups is 1. The molecule has 2 aromatic rings. The van der Waals surface area contributed by atoms with Gasteiger partial charge in [-0.25, -0.2) is 4.39 Å². The van der Waals surface area contributed by atoms with Crippen LogP contribution in [0.5, 0.6) is 11.5 Å². The number of fused-ring (bicyclic) bond motifs is 2. The third kappa shape index (κ3) is 4.44. The van der Waals surface area contributed by atoms with Crippen LogP contribution in [0.25, 0.3) is 0 Å². The molecule has 3 saturated carbocycles. The maximum absolute atomic E-state index is 13.4. The minimum Gasteiger partial charge on any atom is -0.484 e. The third-order valence-electron chi connectivity index (χ3n) is 7.05. The lowest BCUT2D eigenvalue weighted by atomic mass is 9.76. The van der Waals surface area contributed by atoms with Gasteiger partial charge in [-0.1, -0.05) is 11.6 Å². The van der Waals surface area contributed by atoms with Crippen molar-refractivity contribution in [2.45, 2.75) is 56.4 Å². The van der Waals surface area contributed by atoms with Crippen molar-refractivity contribution in [2.75, 3.05) is 6.61 Å². The molecule has 1 aliphatic heterocycles. The van der Waals surface area contributed by atoms with Crippen molar-refractivity contribution in [1.29, 1.82) is 0 Å². The summed E-state index contributed by atoms with van der Waals surface area (Å²) in [5.74, 6) is 0.344. The van der Waals surface area contributed by atoms with Crippen LogP contribution in [0.2, 0.25) is 5.02 Å². The van der Waals surface area contributed by atoms with Crippen LogP contribution < -0.4 is 20.1 Å². The molecular formula is C25H26ClFN2O5. The lowest BCUT2D eigenvalue weighted by Crippen LogP contribution is -2.56. The average molecular weight is 489 g/mol. The number of rotatable bonds is 6. The van der Waals surface area contributed by atoms with Gasteiger partial charge < -0.3 is 25.2 Å². The van der Waals surface area contributed by atoms with Crippen LogP contribution in [-0.4, -0.2) is 41.2 Å². The zero-order chi connectivity index (χ0) is 24.0. The number of benzene rings is 2. The fourth-order valence-corrected chi connectivity index (χ4v) is 5.51. The molecule has 3 N–H and O–H groups in total. The van der Waals surface area contributed by atoms with Crippen molar-refractivity contribution in [3.8, 4) is 11.5 Å². The first-order valence-corrected chi connectivity index (χ1v) is 11.7. The van der Waals surface area contributed by atoms with Crippen LogP contribution in [0, 0.1) is 18.7 Å². The number of carbonyl (C=O) groups is 2. The van der Waals surface area contributed by atoms with Crippen molar-refractivity contribution in [1.82, 2.24) is 10.6 Å². The second kappa shape index (κ2) is 8.74. The van der Waals surface area contributed by atoms with Crippen molar-refractivity contribution >= 4 is 23.4 Å². The van der Waals surface area contributed by atoms with Crippen LogP contribution in [0.15, 0.2) is 36.4 Å². The maximum Gasteiger partial charge on any atom is 0.261 e. The Hall–Kier alpha value is -2.84. The van der Waals surface area contributed by atoms with E-state index < -0.39 is 12.2 Å². The van der Waals surface area contributed by atoms with Gasteiger partial charge in [-0.3, -0.25) is 9.59 Å². The number of carbonyl (C=O) groups excluding carboxylic acids is 2. The van der Waals surface area contributed by atoms with Crippen molar-refractivity contribution in [3.63, 3.8) is 0 Å². The molecule has 3 atom stereocenters. The number of amides is 2. The highest BCUT2D eigenvalue weighted by Crippen LogP contribution is 2.52. The number of aliphatic hydroxyl groups excluding tert-OH is 1. The topological polar surface area (TPSA) is 96.9 Å². The van der Waals surface area contributed by atoms with Gasteiger partial charge in [0.05, 0.1) is 6.10 Å². The van der Waals surface area contributed by atoms with E-state index >= 15 is 0 Å². The van der Waals surface area contributed by atoms with Gasteiger partial charge in [0.15, 0.2) is 12.7 Å². The first kappa shape index (κ1) is 22.9. The largest absolute Gasteiger partial charge is 0.484 e. The molecule has 6 rings (SSSR count). The Bertz CT molecular complexity index is 1140. The minimum atomic E-state index is -0.828. The van der Waals surface area contributed by atoms with Crippen LogP contribution in [0.4, 0.5) is 4.39 Å². The number of hydrogen-bond donors (Lipinski definition) is 3. The zero-order valence-electron chi connectivity index (χ0n) is 18.6. The highest BCUT2D eigenvalue weighted by atomic mass is 35.5. The Labute approximate surface area is 201 Å². The Morgan fingerprint density at radius 2 is 2.03 bits per heavy atom. The molecule has 2 aromatic carbocycles. The number of halogens is 2. The molecule has 2 bridgehead atoms. The Balaban J connectivity index is 1.12. The summed E-state index contributed by atoms with van der Waals surface area (Å²) in [6.07, 6.45) is 0.723. The number of nitrogens with one attached hydrogen (secondary N) is 2. The number of aryl methyl sites for hydroxylation is 1. The molecule has 4 aliphatic rings. The highest BCUT2D eigenvalue weighted by Gasteiger charge is 2.57. The van der Waals surface area contributed by atoms with Gasteiger partial charge in [-0.2, -0.15) is 0 Å². The molecule has 0 saturated heterocycles. The minimum absolute atomic E-state index is 0.0490. The van der Waals surface area contributed by atoms with Gasteiger partial charge in [0.1, 0.15) is 17.3 Å². The first-order chi connectivity index (χ1) is 16.2. The van der Waals surface area contributed by atoms with Gasteiger partial charge in [0.2, 0.25) is 0 Å². The SMILES string of the molecule is Cc1cc(OCC(=O)NC2CC3(NC(=O)[C@@H]4C[C@H](O)c5cc(Cl)ccc5O4)CC2C3)ccc1F. The summed E-state index contributed by atoms with van der Waals surface area (Å²) in [6, 6.07) is 9.27. The van der Waals surface area contributed by atoms with Crippen LogP contribution in [0.1, 0.15) is 42.9 Å². The van der Waals surface area contributed by atoms with E-state index in [0.717, 1.165) is 12.8 Å². The van der Waals surface area contributed by atoms with E-state index in [2.05, 4.69) is 10.6 Å². The fourth-order valence-electron chi connectivity index (χ4n) is 5.33. The van der Waals surface area contributed by atoms with Gasteiger partial charge >= 0.3 is 0 Å². The van der Waals surface area contributed by atoms with E-state index in [-0.39, 0.29) is 48.2 Å². The molecular weight excluding hydrogens is 463 g/mol. The molecule has 2 amide bonds. The van der Waals surface area contributed by atoms with Crippen molar-refractivity contribution < 1.29 is 28.6 Å². The predicted molar refractivity (Wildman–Crippen MR) is 122 cm³/mol. The monoisotopic (exact) mass is 488 g/mol. The Morgan fingerprint density at radius 1 is 1.24 bits per heavy atom. The molecule has 34 heavy (non-hydrogen) atoms. The zero-order valence-corrected chi connectivity index (χ0v) is 19.4.